The first kappa shape index (κ1) is 15.8. The van der Waals surface area contributed by atoms with Crippen LogP contribution in [0.1, 0.15) is 50.8 Å². The largest absolute Gasteiger partial charge is 0.383 e. The number of carbonyl (C=O) groups is 1. The lowest BCUT2D eigenvalue weighted by Gasteiger charge is -2.41. The number of aromatic amines is 1. The Morgan fingerprint density at radius 3 is 2.48 bits per heavy atom. The maximum absolute atomic E-state index is 14.1. The third-order valence-corrected chi connectivity index (χ3v) is 3.90. The number of aromatic nitrogens is 3. The number of aryl methyl sites for hydroxylation is 1. The minimum atomic E-state index is -3.82. The predicted octanol–water partition coefficient (Wildman–Crippen LogP) is 1.48. The first-order chi connectivity index (χ1) is 9.67. The van der Waals surface area contributed by atoms with Crippen molar-refractivity contribution in [1.29, 1.82) is 0 Å². The molecule has 1 atom stereocenters. The van der Waals surface area contributed by atoms with E-state index in [9.17, 15) is 18.7 Å². The van der Waals surface area contributed by atoms with E-state index in [2.05, 4.69) is 20.5 Å². The summed E-state index contributed by atoms with van der Waals surface area (Å²) >= 11 is 0. The Hall–Kier alpha value is -1.57. The van der Waals surface area contributed by atoms with Crippen LogP contribution in [0.4, 0.5) is 8.78 Å². The van der Waals surface area contributed by atoms with Crippen LogP contribution in [0.15, 0.2) is 0 Å². The van der Waals surface area contributed by atoms with Crippen molar-refractivity contribution in [3.8, 4) is 0 Å². The zero-order valence-electron chi connectivity index (χ0n) is 12.3. The fourth-order valence-corrected chi connectivity index (χ4v) is 2.30. The van der Waals surface area contributed by atoms with Crippen LogP contribution >= 0.6 is 0 Å². The number of halogens is 2. The van der Waals surface area contributed by atoms with Gasteiger partial charge in [0.25, 0.3) is 5.91 Å². The van der Waals surface area contributed by atoms with Crippen molar-refractivity contribution in [1.82, 2.24) is 20.5 Å². The second-order valence-corrected chi connectivity index (χ2v) is 5.93. The summed E-state index contributed by atoms with van der Waals surface area (Å²) in [7, 11) is 0. The van der Waals surface area contributed by atoms with Crippen LogP contribution in [-0.4, -0.2) is 37.7 Å². The van der Waals surface area contributed by atoms with E-state index < -0.39 is 23.5 Å². The molecule has 1 aromatic heterocycles. The first-order valence-electron chi connectivity index (χ1n) is 6.97. The molecule has 1 aliphatic carbocycles. The summed E-state index contributed by atoms with van der Waals surface area (Å²) in [6, 6.07) is -0.739. The molecule has 1 aromatic rings. The number of hydrogen-bond acceptors (Lipinski definition) is 4. The molecule has 6 nitrogen and oxygen atoms in total. The Morgan fingerprint density at radius 1 is 1.48 bits per heavy atom. The van der Waals surface area contributed by atoms with Crippen LogP contribution < -0.4 is 5.32 Å². The van der Waals surface area contributed by atoms with Gasteiger partial charge in [-0.15, -0.1) is 0 Å². The molecule has 0 saturated heterocycles. The van der Waals surface area contributed by atoms with Crippen molar-refractivity contribution in [2.75, 3.05) is 0 Å². The molecule has 21 heavy (non-hydrogen) atoms. The smallest absolute Gasteiger partial charge is 0.352 e. The molecule has 3 N–H and O–H groups in total. The lowest BCUT2D eigenvalue weighted by Crippen LogP contribution is -2.61. The molecule has 118 valence electrons. The molecule has 0 spiro atoms. The van der Waals surface area contributed by atoms with E-state index in [4.69, 9.17) is 0 Å². The van der Waals surface area contributed by atoms with E-state index in [0.717, 1.165) is 0 Å². The second-order valence-electron chi connectivity index (χ2n) is 5.93. The lowest BCUT2D eigenvalue weighted by molar-refractivity contribution is -0.216. The van der Waals surface area contributed by atoms with Gasteiger partial charge >= 0.3 is 5.92 Å². The van der Waals surface area contributed by atoms with Gasteiger partial charge in [0.05, 0.1) is 6.04 Å². The van der Waals surface area contributed by atoms with Crippen molar-refractivity contribution in [2.45, 2.75) is 57.6 Å². The average Bonchev–Trinajstić information content (AvgIpc) is 2.78. The molecular weight excluding hydrogens is 282 g/mol. The van der Waals surface area contributed by atoms with Crippen LogP contribution in [0.5, 0.6) is 0 Å². The molecule has 0 radical (unpaired) electrons. The number of nitrogens with zero attached hydrogens (tertiary/aromatic N) is 2. The van der Waals surface area contributed by atoms with Crippen molar-refractivity contribution in [3.05, 3.63) is 11.6 Å². The topological polar surface area (TPSA) is 90.9 Å². The number of alkyl halides is 2. The number of aliphatic hydroxyl groups is 1. The Bertz CT molecular complexity index is 526. The number of nitrogens with one attached hydrogen (secondary N) is 2. The number of carbonyl (C=O) groups excluding carboxylic acids is 1. The van der Waals surface area contributed by atoms with Crippen molar-refractivity contribution >= 4 is 5.91 Å². The van der Waals surface area contributed by atoms with Gasteiger partial charge in [-0.3, -0.25) is 9.89 Å². The Kier molecular flexibility index (Phi) is 4.01. The summed E-state index contributed by atoms with van der Waals surface area (Å²) in [6.07, 6.45) is 0.353. The molecule has 0 bridgehead atoms. The van der Waals surface area contributed by atoms with Crippen LogP contribution in [0.25, 0.3) is 0 Å². The van der Waals surface area contributed by atoms with Crippen LogP contribution in [-0.2, 0) is 4.79 Å². The van der Waals surface area contributed by atoms with Gasteiger partial charge in [0, 0.05) is 0 Å². The summed E-state index contributed by atoms with van der Waals surface area (Å²) in [6.45, 7) is 5.22. The van der Waals surface area contributed by atoms with Crippen LogP contribution in [0.2, 0.25) is 0 Å². The fraction of sp³-hybridized carbons (Fsp3) is 0.769. The highest BCUT2D eigenvalue weighted by molar-refractivity contribution is 5.85. The van der Waals surface area contributed by atoms with E-state index in [-0.39, 0.29) is 24.6 Å². The molecule has 2 rings (SSSR count). The third-order valence-electron chi connectivity index (χ3n) is 3.90. The zero-order chi connectivity index (χ0) is 15.8. The Labute approximate surface area is 121 Å². The highest BCUT2D eigenvalue weighted by Gasteiger charge is 2.61. The van der Waals surface area contributed by atoms with Gasteiger partial charge in [0.15, 0.2) is 5.82 Å². The molecule has 0 unspecified atom stereocenters. The molecule has 0 aromatic carbocycles. The number of hydrogen-bond donors (Lipinski definition) is 3. The predicted molar refractivity (Wildman–Crippen MR) is 70.6 cm³/mol. The minimum Gasteiger partial charge on any atom is -0.383 e. The van der Waals surface area contributed by atoms with E-state index >= 15 is 0 Å². The monoisotopic (exact) mass is 302 g/mol. The molecule has 1 fully saturated rings. The van der Waals surface area contributed by atoms with Crippen molar-refractivity contribution in [2.24, 2.45) is 5.92 Å². The maximum Gasteiger partial charge on any atom is 0.352 e. The van der Waals surface area contributed by atoms with Gasteiger partial charge in [0.2, 0.25) is 0 Å². The van der Waals surface area contributed by atoms with Crippen LogP contribution in [0, 0.1) is 12.8 Å². The van der Waals surface area contributed by atoms with E-state index in [1.165, 1.54) is 0 Å². The van der Waals surface area contributed by atoms with Crippen molar-refractivity contribution < 1.29 is 18.7 Å². The summed E-state index contributed by atoms with van der Waals surface area (Å²) < 4.78 is 28.2. The van der Waals surface area contributed by atoms with Gasteiger partial charge in [-0.25, -0.2) is 4.98 Å². The molecule has 1 amide bonds. The lowest BCUT2D eigenvalue weighted by atomic mass is 9.75. The van der Waals surface area contributed by atoms with Gasteiger partial charge in [0.1, 0.15) is 11.4 Å². The SMILES string of the molecule is Cc1nc([C@H](NC(=O)C(F)(F)C2(O)CCC2)C(C)C)n[nH]1. The fourth-order valence-electron chi connectivity index (χ4n) is 2.30. The summed E-state index contributed by atoms with van der Waals surface area (Å²) in [5.41, 5.74) is -2.23. The molecule has 1 aliphatic rings. The molecule has 0 aliphatic heterocycles. The van der Waals surface area contributed by atoms with E-state index in [1.807, 2.05) is 0 Å². The zero-order valence-corrected chi connectivity index (χ0v) is 12.3. The molecule has 1 heterocycles. The van der Waals surface area contributed by atoms with Crippen LogP contribution in [0.3, 0.4) is 0 Å². The normalized spacial score (nSPS) is 19.2. The van der Waals surface area contributed by atoms with Crippen molar-refractivity contribution in [3.63, 3.8) is 0 Å². The average molecular weight is 302 g/mol. The molecule has 8 heteroatoms. The maximum atomic E-state index is 14.1. The van der Waals surface area contributed by atoms with E-state index in [1.54, 1.807) is 20.8 Å². The second kappa shape index (κ2) is 5.32. The minimum absolute atomic E-state index is 0.0699. The summed E-state index contributed by atoms with van der Waals surface area (Å²) in [5, 5.41) is 18.6. The summed E-state index contributed by atoms with van der Waals surface area (Å²) in [5.74, 6) is -4.67. The standard InChI is InChI=1S/C13H20F2N4O2/c1-7(2)9(10-16-8(3)18-19-10)17-11(20)13(14,15)12(21)5-4-6-12/h7,9,21H,4-6H2,1-3H3,(H,17,20)(H,16,18,19)/t9-/m1/s1. The Morgan fingerprint density at radius 2 is 2.10 bits per heavy atom. The number of amides is 1. The molecule has 1 saturated carbocycles. The van der Waals surface area contributed by atoms with Gasteiger partial charge in [-0.2, -0.15) is 13.9 Å². The molecular formula is C13H20F2N4O2. The first-order valence-corrected chi connectivity index (χ1v) is 6.97. The number of rotatable bonds is 5. The third kappa shape index (κ3) is 2.76. The number of H-pyrrole nitrogens is 1. The van der Waals surface area contributed by atoms with Gasteiger partial charge in [-0.05, 0) is 32.1 Å². The van der Waals surface area contributed by atoms with Gasteiger partial charge in [-0.1, -0.05) is 13.8 Å². The van der Waals surface area contributed by atoms with Gasteiger partial charge < -0.3 is 10.4 Å². The quantitative estimate of drug-likeness (QED) is 0.768. The summed E-state index contributed by atoms with van der Waals surface area (Å²) in [4.78, 5) is 16.0. The highest BCUT2D eigenvalue weighted by Crippen LogP contribution is 2.44. The highest BCUT2D eigenvalue weighted by atomic mass is 19.3. The van der Waals surface area contributed by atoms with E-state index in [0.29, 0.717) is 12.2 Å². The Balaban J connectivity index is 2.15.